The Morgan fingerprint density at radius 2 is 0.982 bits per heavy atom. The summed E-state index contributed by atoms with van der Waals surface area (Å²) in [6.07, 6.45) is 0. The topological polar surface area (TPSA) is 90.7 Å². The normalized spacial score (nSPS) is 11.9. The van der Waals surface area contributed by atoms with E-state index >= 15 is 0 Å². The molecule has 0 N–H and O–H groups in total. The summed E-state index contributed by atoms with van der Waals surface area (Å²) >= 11 is 1.71. The van der Waals surface area contributed by atoms with E-state index in [9.17, 15) is 0 Å². The van der Waals surface area contributed by atoms with E-state index in [1.165, 1.54) is 0 Å². The van der Waals surface area contributed by atoms with Crippen LogP contribution in [0.5, 0.6) is 0 Å². The standard InChI is InChI=1S/C49H27N5O2S/c1-3-12-28(13-4-1)46-52-47(29-14-5-2-6-15-29)54-49(53-46)35-18-11-20-39-42(35)36-26-30(23-25-38(36)55-39)43-45-44(34-17-8-10-21-41(34)57-45)51-48(50-43)31-22-24-33-32-16-7-9-19-37(32)56-40(33)27-31/h1-27H. The average Bonchev–Trinajstić information content (AvgIpc) is 3.97. The molecule has 7 aromatic carbocycles. The van der Waals surface area contributed by atoms with Crippen molar-refractivity contribution in [1.82, 2.24) is 24.9 Å². The van der Waals surface area contributed by atoms with E-state index in [0.717, 1.165) is 97.7 Å². The molecule has 8 heteroatoms. The first-order valence-electron chi connectivity index (χ1n) is 18.7. The number of benzene rings is 7. The van der Waals surface area contributed by atoms with Gasteiger partial charge in [-0.15, -0.1) is 11.3 Å². The van der Waals surface area contributed by atoms with Crippen molar-refractivity contribution < 1.29 is 8.83 Å². The second-order valence-corrected chi connectivity index (χ2v) is 15.1. The van der Waals surface area contributed by atoms with Gasteiger partial charge in [0.25, 0.3) is 0 Å². The predicted octanol–water partition coefficient (Wildman–Crippen LogP) is 13.2. The van der Waals surface area contributed by atoms with Crippen molar-refractivity contribution in [3.8, 4) is 56.8 Å². The van der Waals surface area contributed by atoms with Crippen LogP contribution in [0, 0.1) is 0 Å². The molecule has 0 unspecified atom stereocenters. The van der Waals surface area contributed by atoms with Crippen molar-refractivity contribution in [2.45, 2.75) is 0 Å². The lowest BCUT2D eigenvalue weighted by atomic mass is 10.0. The van der Waals surface area contributed by atoms with Crippen LogP contribution < -0.4 is 0 Å². The maximum Gasteiger partial charge on any atom is 0.164 e. The highest BCUT2D eigenvalue weighted by atomic mass is 32.1. The van der Waals surface area contributed by atoms with Gasteiger partial charge in [0.05, 0.1) is 15.9 Å². The van der Waals surface area contributed by atoms with E-state index in [2.05, 4.69) is 66.7 Å². The Balaban J connectivity index is 1.08. The summed E-state index contributed by atoms with van der Waals surface area (Å²) in [6, 6.07) is 55.2. The summed E-state index contributed by atoms with van der Waals surface area (Å²) in [4.78, 5) is 25.6. The van der Waals surface area contributed by atoms with Crippen LogP contribution in [0.15, 0.2) is 173 Å². The Labute approximate surface area is 328 Å². The summed E-state index contributed by atoms with van der Waals surface area (Å²) < 4.78 is 15.0. The molecule has 0 amide bonds. The molecule has 12 aromatic rings. The zero-order valence-corrected chi connectivity index (χ0v) is 30.9. The number of fused-ring (bicyclic) bond motifs is 9. The van der Waals surface area contributed by atoms with E-state index in [0.29, 0.717) is 23.3 Å². The Morgan fingerprint density at radius 1 is 0.368 bits per heavy atom. The van der Waals surface area contributed by atoms with Crippen LogP contribution in [-0.2, 0) is 0 Å². The lowest BCUT2D eigenvalue weighted by Crippen LogP contribution is -2.00. The van der Waals surface area contributed by atoms with E-state index in [4.69, 9.17) is 33.8 Å². The van der Waals surface area contributed by atoms with E-state index in [1.807, 2.05) is 97.1 Å². The molecule has 0 aliphatic carbocycles. The zero-order chi connectivity index (χ0) is 37.5. The first kappa shape index (κ1) is 31.8. The van der Waals surface area contributed by atoms with Gasteiger partial charge in [0.2, 0.25) is 0 Å². The van der Waals surface area contributed by atoms with Gasteiger partial charge in [-0.2, -0.15) is 0 Å². The Kier molecular flexibility index (Phi) is 6.96. The fourth-order valence-corrected chi connectivity index (χ4v) is 9.02. The fraction of sp³-hybridized carbons (Fsp3) is 0. The molecule has 0 atom stereocenters. The van der Waals surface area contributed by atoms with Crippen LogP contribution in [0.3, 0.4) is 0 Å². The number of para-hydroxylation sites is 1. The number of thiophene rings is 1. The molecule has 0 saturated heterocycles. The number of nitrogens with zero attached hydrogens (tertiary/aromatic N) is 5. The Morgan fingerprint density at radius 3 is 1.79 bits per heavy atom. The molecule has 5 heterocycles. The first-order valence-corrected chi connectivity index (χ1v) is 19.5. The van der Waals surface area contributed by atoms with Gasteiger partial charge < -0.3 is 8.83 Å². The Hall–Kier alpha value is -7.55. The average molecular weight is 750 g/mol. The van der Waals surface area contributed by atoms with Gasteiger partial charge in [-0.25, -0.2) is 24.9 Å². The minimum absolute atomic E-state index is 0.568. The lowest BCUT2D eigenvalue weighted by Gasteiger charge is -2.09. The summed E-state index contributed by atoms with van der Waals surface area (Å²) in [5.74, 6) is 2.41. The van der Waals surface area contributed by atoms with Crippen LogP contribution in [-0.4, -0.2) is 24.9 Å². The van der Waals surface area contributed by atoms with Gasteiger partial charge in [0.1, 0.15) is 22.3 Å². The molecule has 0 saturated carbocycles. The third-order valence-electron chi connectivity index (χ3n) is 10.6. The van der Waals surface area contributed by atoms with Gasteiger partial charge in [-0.05, 0) is 48.5 Å². The maximum absolute atomic E-state index is 6.52. The summed E-state index contributed by atoms with van der Waals surface area (Å²) in [5, 5.41) is 5.12. The highest BCUT2D eigenvalue weighted by Crippen LogP contribution is 2.43. The minimum Gasteiger partial charge on any atom is -0.456 e. The summed E-state index contributed by atoms with van der Waals surface area (Å²) in [6.45, 7) is 0. The lowest BCUT2D eigenvalue weighted by molar-refractivity contribution is 0.668. The third-order valence-corrected chi connectivity index (χ3v) is 11.7. The molecule has 7 nitrogen and oxygen atoms in total. The highest BCUT2D eigenvalue weighted by molar-refractivity contribution is 7.26. The minimum atomic E-state index is 0.568. The molecule has 0 aliphatic heterocycles. The van der Waals surface area contributed by atoms with Gasteiger partial charge in [0.15, 0.2) is 23.3 Å². The number of hydrogen-bond acceptors (Lipinski definition) is 8. The molecule has 12 rings (SSSR count). The monoisotopic (exact) mass is 749 g/mol. The van der Waals surface area contributed by atoms with Crippen LogP contribution >= 0.6 is 11.3 Å². The first-order chi connectivity index (χ1) is 28.2. The molecule has 0 bridgehead atoms. The molecule has 0 aliphatic rings. The van der Waals surface area contributed by atoms with Crippen LogP contribution in [0.2, 0.25) is 0 Å². The van der Waals surface area contributed by atoms with Crippen molar-refractivity contribution >= 4 is 75.5 Å². The summed E-state index contributed by atoms with van der Waals surface area (Å²) in [7, 11) is 0. The van der Waals surface area contributed by atoms with Crippen LogP contribution in [0.4, 0.5) is 0 Å². The Bertz CT molecular complexity index is 3480. The van der Waals surface area contributed by atoms with Crippen molar-refractivity contribution in [3.63, 3.8) is 0 Å². The largest absolute Gasteiger partial charge is 0.456 e. The number of rotatable bonds is 5. The molecule has 5 aromatic heterocycles. The van der Waals surface area contributed by atoms with Crippen LogP contribution in [0.1, 0.15) is 0 Å². The summed E-state index contributed by atoms with van der Waals surface area (Å²) in [5.41, 5.74) is 9.47. The van der Waals surface area contributed by atoms with Crippen molar-refractivity contribution in [2.24, 2.45) is 0 Å². The molecule has 0 spiro atoms. The number of hydrogen-bond donors (Lipinski definition) is 0. The van der Waals surface area contributed by atoms with Gasteiger partial charge in [0, 0.05) is 59.4 Å². The van der Waals surface area contributed by atoms with Crippen molar-refractivity contribution in [3.05, 3.63) is 164 Å². The third kappa shape index (κ3) is 5.15. The molecule has 266 valence electrons. The number of furan rings is 2. The number of aromatic nitrogens is 5. The quantitative estimate of drug-likeness (QED) is 0.173. The second kappa shape index (κ2) is 12.5. The molecular weight excluding hydrogens is 723 g/mol. The zero-order valence-electron chi connectivity index (χ0n) is 30.0. The van der Waals surface area contributed by atoms with Crippen molar-refractivity contribution in [2.75, 3.05) is 0 Å². The molecule has 0 fully saturated rings. The van der Waals surface area contributed by atoms with Crippen molar-refractivity contribution in [1.29, 1.82) is 0 Å². The highest BCUT2D eigenvalue weighted by Gasteiger charge is 2.21. The predicted molar refractivity (Wildman–Crippen MR) is 230 cm³/mol. The SMILES string of the molecule is c1ccc(-c2nc(-c3ccccc3)nc(-c3cccc4oc5ccc(-c6nc(-c7ccc8c(c7)oc7ccccc78)nc7c6sc6ccccc67)cc5c34)n2)cc1. The molecule has 0 radical (unpaired) electrons. The van der Waals surface area contributed by atoms with E-state index in [-0.39, 0.29) is 0 Å². The smallest absolute Gasteiger partial charge is 0.164 e. The van der Waals surface area contributed by atoms with Crippen LogP contribution in [0.25, 0.3) is 121 Å². The molecular formula is C49H27N5O2S. The van der Waals surface area contributed by atoms with Gasteiger partial charge >= 0.3 is 0 Å². The second-order valence-electron chi connectivity index (χ2n) is 14.0. The maximum atomic E-state index is 6.52. The van der Waals surface area contributed by atoms with Gasteiger partial charge in [-0.3, -0.25) is 0 Å². The van der Waals surface area contributed by atoms with E-state index in [1.54, 1.807) is 11.3 Å². The van der Waals surface area contributed by atoms with E-state index < -0.39 is 0 Å². The molecule has 57 heavy (non-hydrogen) atoms. The fourth-order valence-electron chi connectivity index (χ4n) is 7.87. The van der Waals surface area contributed by atoms with Gasteiger partial charge in [-0.1, -0.05) is 115 Å².